The second-order valence-electron chi connectivity index (χ2n) is 9.14. The lowest BCUT2D eigenvalue weighted by atomic mass is 9.91. The van der Waals surface area contributed by atoms with Gasteiger partial charge in [0.05, 0.1) is 22.5 Å². The number of aromatic nitrogens is 3. The molecule has 0 saturated heterocycles. The maximum Gasteiger partial charge on any atom is 0.251 e. The Morgan fingerprint density at radius 3 is 2.44 bits per heavy atom. The average molecular weight is 508 g/mol. The molecule has 3 N–H and O–H groups in total. The van der Waals surface area contributed by atoms with Crippen LogP contribution < -0.4 is 11.1 Å². The number of nitrogens with one attached hydrogen (secondary N) is 1. The number of benzene rings is 1. The molecule has 1 amide bonds. The molecule has 0 fully saturated rings. The second-order valence-corrected chi connectivity index (χ2v) is 10.3. The van der Waals surface area contributed by atoms with E-state index in [0.29, 0.717) is 60.0 Å². The van der Waals surface area contributed by atoms with Crippen molar-refractivity contribution in [2.45, 2.75) is 46.6 Å². The number of primary amides is 1. The molecule has 188 valence electrons. The zero-order valence-electron chi connectivity index (χ0n) is 20.9. The maximum atomic E-state index is 13.4. The smallest absolute Gasteiger partial charge is 0.251 e. The number of halogens is 1. The van der Waals surface area contributed by atoms with E-state index in [1.165, 1.54) is 12.1 Å². The molecule has 1 aromatic carbocycles. The fourth-order valence-corrected chi connectivity index (χ4v) is 5.32. The Hall–Kier alpha value is -3.43. The first-order valence-electron chi connectivity index (χ1n) is 11.9. The molecule has 3 aromatic heterocycles. The highest BCUT2D eigenvalue weighted by Crippen LogP contribution is 2.41. The number of rotatable bonds is 10. The normalized spacial score (nSPS) is 11.4. The van der Waals surface area contributed by atoms with Crippen molar-refractivity contribution in [1.82, 2.24) is 20.5 Å². The van der Waals surface area contributed by atoms with Gasteiger partial charge in [0.15, 0.2) is 0 Å². The van der Waals surface area contributed by atoms with Gasteiger partial charge in [0, 0.05) is 28.8 Å². The van der Waals surface area contributed by atoms with Gasteiger partial charge in [0.2, 0.25) is 11.8 Å². The van der Waals surface area contributed by atoms with Crippen molar-refractivity contribution >= 4 is 17.2 Å². The average Bonchev–Trinajstić information content (AvgIpc) is 3.46. The van der Waals surface area contributed by atoms with Crippen LogP contribution in [0.1, 0.15) is 51.9 Å². The van der Waals surface area contributed by atoms with Crippen LogP contribution >= 0.6 is 11.3 Å². The summed E-state index contributed by atoms with van der Waals surface area (Å²) >= 11 is 1.58. The highest BCUT2D eigenvalue weighted by Gasteiger charge is 2.28. The summed E-state index contributed by atoms with van der Waals surface area (Å²) in [5.41, 5.74) is 10.0. The Labute approximate surface area is 214 Å². The van der Waals surface area contributed by atoms with Gasteiger partial charge in [0.25, 0.3) is 5.91 Å². The van der Waals surface area contributed by atoms with Gasteiger partial charge in [-0.25, -0.2) is 4.39 Å². The van der Waals surface area contributed by atoms with Gasteiger partial charge in [0.1, 0.15) is 5.82 Å². The molecule has 4 rings (SSSR count). The van der Waals surface area contributed by atoms with Gasteiger partial charge in [-0.1, -0.05) is 26.0 Å². The zero-order chi connectivity index (χ0) is 25.8. The summed E-state index contributed by atoms with van der Waals surface area (Å²) in [4.78, 5) is 19.9. The van der Waals surface area contributed by atoms with Crippen LogP contribution in [0.25, 0.3) is 21.9 Å². The van der Waals surface area contributed by atoms with Gasteiger partial charge < -0.3 is 15.5 Å². The van der Waals surface area contributed by atoms with Crippen LogP contribution in [0.2, 0.25) is 0 Å². The van der Waals surface area contributed by atoms with E-state index in [0.717, 1.165) is 21.0 Å². The van der Waals surface area contributed by atoms with Gasteiger partial charge in [-0.15, -0.1) is 21.5 Å². The summed E-state index contributed by atoms with van der Waals surface area (Å²) < 4.78 is 19.3. The molecule has 36 heavy (non-hydrogen) atoms. The van der Waals surface area contributed by atoms with Gasteiger partial charge in [-0.3, -0.25) is 9.78 Å². The number of carbonyl (C=O) groups excluding carboxylic acids is 1. The van der Waals surface area contributed by atoms with E-state index in [-0.39, 0.29) is 11.7 Å². The fourth-order valence-electron chi connectivity index (χ4n) is 4.24. The molecule has 0 spiro atoms. The molecule has 0 unspecified atom stereocenters. The first-order chi connectivity index (χ1) is 17.3. The number of amides is 1. The predicted molar refractivity (Wildman–Crippen MR) is 139 cm³/mol. The molecule has 0 atom stereocenters. The minimum absolute atomic E-state index is 0.257. The first-order valence-corrected chi connectivity index (χ1v) is 12.7. The number of hydrogen-bond donors (Lipinski definition) is 2. The highest BCUT2D eigenvalue weighted by atomic mass is 32.1. The Bertz CT molecular complexity index is 1360. The SMILES string of the molecule is CNCc1ccc(-c2c(C(N)=O)c(CC(C)C)nc(CCc3ccc(F)cc3)c2-c2nnc(C)o2)s1. The van der Waals surface area contributed by atoms with E-state index >= 15 is 0 Å². The minimum atomic E-state index is -0.542. The molecule has 7 nitrogen and oxygen atoms in total. The van der Waals surface area contributed by atoms with Crippen molar-refractivity contribution in [3.8, 4) is 21.9 Å². The van der Waals surface area contributed by atoms with Crippen molar-refractivity contribution < 1.29 is 13.6 Å². The number of aryl methyl sites for hydroxylation is 3. The predicted octanol–water partition coefficient (Wildman–Crippen LogP) is 5.11. The molecule has 0 aliphatic rings. The number of thiophene rings is 1. The standard InChI is InChI=1S/C27H30FN5O2S/c1-15(2)13-21-23(26(29)34)25(22-12-10-19(36-22)14-30-4)24(27-33-32-16(3)35-27)20(31-21)11-7-17-5-8-18(28)9-6-17/h5-6,8-10,12,15,30H,7,11,13-14H2,1-4H3,(H2,29,34). The summed E-state index contributed by atoms with van der Waals surface area (Å²) in [5.74, 6) is 0.147. The lowest BCUT2D eigenvalue weighted by Crippen LogP contribution is -2.20. The largest absolute Gasteiger partial charge is 0.421 e. The second kappa shape index (κ2) is 11.1. The first kappa shape index (κ1) is 25.7. The molecule has 0 aliphatic heterocycles. The zero-order valence-corrected chi connectivity index (χ0v) is 21.7. The third-order valence-corrected chi connectivity index (χ3v) is 6.86. The lowest BCUT2D eigenvalue weighted by molar-refractivity contribution is 0.0999. The molecule has 0 radical (unpaired) electrons. The highest BCUT2D eigenvalue weighted by molar-refractivity contribution is 7.15. The fraction of sp³-hybridized carbons (Fsp3) is 0.333. The minimum Gasteiger partial charge on any atom is -0.421 e. The number of nitrogens with two attached hydrogens (primary N) is 1. The maximum absolute atomic E-state index is 13.4. The number of nitrogens with zero attached hydrogens (tertiary/aromatic N) is 3. The van der Waals surface area contributed by atoms with Crippen molar-refractivity contribution in [2.75, 3.05) is 7.05 Å². The van der Waals surface area contributed by atoms with Crippen LogP contribution in [-0.4, -0.2) is 28.1 Å². The monoisotopic (exact) mass is 507 g/mol. The van der Waals surface area contributed by atoms with Crippen molar-refractivity contribution in [3.05, 3.63) is 75.5 Å². The molecular weight excluding hydrogens is 477 g/mol. The van der Waals surface area contributed by atoms with Crippen LogP contribution in [0.5, 0.6) is 0 Å². The van der Waals surface area contributed by atoms with E-state index in [9.17, 15) is 9.18 Å². The molecule has 3 heterocycles. The summed E-state index contributed by atoms with van der Waals surface area (Å²) in [7, 11) is 1.89. The third-order valence-electron chi connectivity index (χ3n) is 5.76. The number of carbonyl (C=O) groups is 1. The van der Waals surface area contributed by atoms with E-state index in [1.54, 1.807) is 30.4 Å². The number of pyridine rings is 1. The van der Waals surface area contributed by atoms with Crippen molar-refractivity contribution in [2.24, 2.45) is 11.7 Å². The Kier molecular flexibility index (Phi) is 7.91. The molecule has 0 bridgehead atoms. The summed E-state index contributed by atoms with van der Waals surface area (Å²) in [6, 6.07) is 10.5. The molecular formula is C27H30FN5O2S. The van der Waals surface area contributed by atoms with Gasteiger partial charge >= 0.3 is 0 Å². The summed E-state index contributed by atoms with van der Waals surface area (Å²) in [6.07, 6.45) is 1.75. The molecule has 0 aliphatic carbocycles. The van der Waals surface area contributed by atoms with Crippen LogP contribution in [0, 0.1) is 18.7 Å². The van der Waals surface area contributed by atoms with E-state index in [2.05, 4.69) is 29.4 Å². The quantitative estimate of drug-likeness (QED) is 0.309. The van der Waals surface area contributed by atoms with Gasteiger partial charge in [-0.2, -0.15) is 0 Å². The molecule has 4 aromatic rings. The van der Waals surface area contributed by atoms with Crippen molar-refractivity contribution in [1.29, 1.82) is 0 Å². The summed E-state index contributed by atoms with van der Waals surface area (Å²) in [5, 5.41) is 11.5. The topological polar surface area (TPSA) is 107 Å². The Balaban J connectivity index is 1.97. The Morgan fingerprint density at radius 1 is 1.08 bits per heavy atom. The van der Waals surface area contributed by atoms with Crippen LogP contribution in [0.4, 0.5) is 4.39 Å². The van der Waals surface area contributed by atoms with Crippen molar-refractivity contribution in [3.63, 3.8) is 0 Å². The van der Waals surface area contributed by atoms with E-state index in [1.807, 2.05) is 19.2 Å². The summed E-state index contributed by atoms with van der Waals surface area (Å²) in [6.45, 7) is 6.58. The van der Waals surface area contributed by atoms with E-state index in [4.69, 9.17) is 15.1 Å². The number of hydrogen-bond acceptors (Lipinski definition) is 7. The van der Waals surface area contributed by atoms with E-state index < -0.39 is 5.91 Å². The Morgan fingerprint density at radius 2 is 1.83 bits per heavy atom. The van der Waals surface area contributed by atoms with Crippen LogP contribution in [0.3, 0.4) is 0 Å². The third kappa shape index (κ3) is 5.68. The van der Waals surface area contributed by atoms with Crippen LogP contribution in [0.15, 0.2) is 40.8 Å². The molecule has 0 saturated carbocycles. The van der Waals surface area contributed by atoms with Crippen LogP contribution in [-0.2, 0) is 25.8 Å². The van der Waals surface area contributed by atoms with Gasteiger partial charge in [-0.05, 0) is 62.1 Å². The lowest BCUT2D eigenvalue weighted by Gasteiger charge is -2.19. The molecule has 9 heteroatoms.